The summed E-state index contributed by atoms with van der Waals surface area (Å²) in [5.41, 5.74) is 1.48. The van der Waals surface area contributed by atoms with Crippen molar-refractivity contribution in [1.82, 2.24) is 14.5 Å². The lowest BCUT2D eigenvalue weighted by molar-refractivity contribution is 0.162. The first-order chi connectivity index (χ1) is 13.7. The topological polar surface area (TPSA) is 35.6 Å². The van der Waals surface area contributed by atoms with Crippen LogP contribution in [0.1, 0.15) is 62.8 Å². The van der Waals surface area contributed by atoms with Gasteiger partial charge in [-0.25, -0.2) is 4.79 Å². The second-order valence-corrected chi connectivity index (χ2v) is 10.3. The quantitative estimate of drug-likeness (QED) is 0.690. The van der Waals surface area contributed by atoms with E-state index in [1.165, 1.54) is 44.1 Å². The van der Waals surface area contributed by atoms with Gasteiger partial charge in [-0.15, -0.1) is 0 Å². The Bertz CT molecular complexity index is 620. The molecule has 0 bridgehead atoms. The second-order valence-electron chi connectivity index (χ2n) is 8.89. The summed E-state index contributed by atoms with van der Waals surface area (Å²) in [5, 5.41) is 4.11. The molecule has 0 atom stereocenters. The van der Waals surface area contributed by atoms with Gasteiger partial charge in [0, 0.05) is 38.0 Å². The molecule has 0 radical (unpaired) electrons. The monoisotopic (exact) mass is 401 g/mol. The Morgan fingerprint density at radius 1 is 1.04 bits per heavy atom. The van der Waals surface area contributed by atoms with Crippen LogP contribution in [0.5, 0.6) is 0 Å². The van der Waals surface area contributed by atoms with E-state index in [9.17, 15) is 4.79 Å². The number of amides is 2. The molecule has 154 valence electrons. The first-order valence-electron chi connectivity index (χ1n) is 11.2. The first kappa shape index (κ1) is 20.1. The van der Waals surface area contributed by atoms with E-state index in [1.54, 1.807) is 0 Å². The van der Waals surface area contributed by atoms with Gasteiger partial charge in [0.2, 0.25) is 0 Å². The number of benzene rings is 1. The van der Waals surface area contributed by atoms with E-state index in [-0.39, 0.29) is 6.03 Å². The smallest absolute Gasteiger partial charge is 0.317 e. The van der Waals surface area contributed by atoms with Crippen molar-refractivity contribution < 1.29 is 4.79 Å². The number of nitrogens with zero attached hydrogens (tertiary/aromatic N) is 2. The molecular formula is C23H35N3OS. The predicted molar refractivity (Wildman–Crippen MR) is 118 cm³/mol. The van der Waals surface area contributed by atoms with Gasteiger partial charge < -0.3 is 10.2 Å². The summed E-state index contributed by atoms with van der Waals surface area (Å²) in [6.45, 7) is 3.07. The van der Waals surface area contributed by atoms with Crippen LogP contribution in [0.3, 0.4) is 0 Å². The molecule has 1 heterocycles. The van der Waals surface area contributed by atoms with E-state index in [0.29, 0.717) is 17.9 Å². The average Bonchev–Trinajstić information content (AvgIpc) is 3.57. The highest BCUT2D eigenvalue weighted by molar-refractivity contribution is 7.97. The van der Waals surface area contributed by atoms with E-state index in [2.05, 4.69) is 51.9 Å². The Labute approximate surface area is 174 Å². The zero-order valence-electron chi connectivity index (χ0n) is 17.2. The Balaban J connectivity index is 1.14. The largest absolute Gasteiger partial charge is 0.338 e. The van der Waals surface area contributed by atoms with Crippen LogP contribution in [0.25, 0.3) is 0 Å². The van der Waals surface area contributed by atoms with Crippen LogP contribution in [0.2, 0.25) is 0 Å². The number of hydrogen-bond acceptors (Lipinski definition) is 3. The van der Waals surface area contributed by atoms with Gasteiger partial charge in [0.05, 0.1) is 0 Å². The van der Waals surface area contributed by atoms with Crippen molar-refractivity contribution in [3.8, 4) is 0 Å². The summed E-state index contributed by atoms with van der Waals surface area (Å²) in [4.78, 5) is 14.6. The lowest BCUT2D eigenvalue weighted by atomic mass is 9.79. The van der Waals surface area contributed by atoms with Crippen LogP contribution in [0, 0.1) is 5.92 Å². The molecule has 1 aromatic rings. The van der Waals surface area contributed by atoms with Gasteiger partial charge in [-0.2, -0.15) is 0 Å². The minimum absolute atomic E-state index is 0.124. The number of hydrogen-bond donors (Lipinski definition) is 1. The third-order valence-corrected chi connectivity index (χ3v) is 8.21. The molecule has 4 nitrogen and oxygen atoms in total. The van der Waals surface area contributed by atoms with Crippen LogP contribution in [-0.4, -0.2) is 53.2 Å². The van der Waals surface area contributed by atoms with Gasteiger partial charge in [-0.05, 0) is 68.8 Å². The minimum atomic E-state index is 0.124. The van der Waals surface area contributed by atoms with E-state index in [0.717, 1.165) is 37.7 Å². The molecule has 1 N–H and O–H groups in total. The third kappa shape index (κ3) is 5.44. The van der Waals surface area contributed by atoms with Crippen molar-refractivity contribution in [2.24, 2.45) is 5.92 Å². The molecule has 0 spiro atoms. The van der Waals surface area contributed by atoms with E-state index >= 15 is 0 Å². The molecule has 2 saturated carbocycles. The minimum Gasteiger partial charge on any atom is -0.338 e. The summed E-state index contributed by atoms with van der Waals surface area (Å²) < 4.78 is 2.52. The Hall–Kier alpha value is -1.20. The maximum Gasteiger partial charge on any atom is 0.317 e. The van der Waals surface area contributed by atoms with Gasteiger partial charge in [0.1, 0.15) is 0 Å². The van der Waals surface area contributed by atoms with Gasteiger partial charge in [0.25, 0.3) is 0 Å². The molecule has 0 aromatic heterocycles. The van der Waals surface area contributed by atoms with Crippen molar-refractivity contribution in [3.63, 3.8) is 0 Å². The lowest BCUT2D eigenvalue weighted by Crippen LogP contribution is -2.48. The van der Waals surface area contributed by atoms with Crippen LogP contribution < -0.4 is 5.32 Å². The molecule has 28 heavy (non-hydrogen) atoms. The molecule has 2 aliphatic carbocycles. The summed E-state index contributed by atoms with van der Waals surface area (Å²) in [7, 11) is 1.98. The lowest BCUT2D eigenvalue weighted by Gasteiger charge is -2.36. The van der Waals surface area contributed by atoms with E-state index < -0.39 is 0 Å². The standard InChI is InChI=1S/C23H35N3OS/c1-25(21-13-15-26(16-14-21)28-22-11-12-22)23(27)24-17-18-7-9-20(10-8-18)19-5-3-2-4-6-19/h2-6,18,20-22H,7-17H2,1H3,(H,24,27). The zero-order chi connectivity index (χ0) is 19.3. The molecule has 1 aromatic carbocycles. The Morgan fingerprint density at radius 2 is 1.71 bits per heavy atom. The predicted octanol–water partition coefficient (Wildman–Crippen LogP) is 4.88. The van der Waals surface area contributed by atoms with Crippen molar-refractivity contribution >= 4 is 18.0 Å². The third-order valence-electron chi connectivity index (χ3n) is 6.77. The van der Waals surface area contributed by atoms with Gasteiger partial charge in [0.15, 0.2) is 0 Å². The molecule has 2 amide bonds. The normalized spacial score (nSPS) is 26.8. The number of piperidine rings is 1. The van der Waals surface area contributed by atoms with Crippen LogP contribution in [-0.2, 0) is 0 Å². The fraction of sp³-hybridized carbons (Fsp3) is 0.696. The van der Waals surface area contributed by atoms with Crippen molar-refractivity contribution in [2.45, 2.75) is 68.6 Å². The van der Waals surface area contributed by atoms with Crippen molar-refractivity contribution in [1.29, 1.82) is 0 Å². The fourth-order valence-electron chi connectivity index (χ4n) is 4.67. The Morgan fingerprint density at radius 3 is 2.36 bits per heavy atom. The second kappa shape index (κ2) is 9.53. The van der Waals surface area contributed by atoms with Crippen LogP contribution in [0.4, 0.5) is 4.79 Å². The maximum atomic E-state index is 12.6. The molecule has 0 unspecified atom stereocenters. The molecule has 3 aliphatic rings. The van der Waals surface area contributed by atoms with Crippen LogP contribution in [0.15, 0.2) is 30.3 Å². The summed E-state index contributed by atoms with van der Waals surface area (Å²) >= 11 is 2.05. The molecule has 1 saturated heterocycles. The number of nitrogens with one attached hydrogen (secondary N) is 1. The highest BCUT2D eigenvalue weighted by Gasteiger charge is 2.30. The van der Waals surface area contributed by atoms with Gasteiger partial charge in [-0.3, -0.25) is 4.31 Å². The maximum absolute atomic E-state index is 12.6. The molecule has 3 fully saturated rings. The number of rotatable bonds is 6. The first-order valence-corrected chi connectivity index (χ1v) is 12.0. The molecular weight excluding hydrogens is 366 g/mol. The summed E-state index contributed by atoms with van der Waals surface area (Å²) in [6.07, 6.45) is 9.92. The molecule has 5 heteroatoms. The van der Waals surface area contributed by atoms with Crippen molar-refractivity contribution in [3.05, 3.63) is 35.9 Å². The SMILES string of the molecule is CN(C(=O)NCC1CCC(c2ccccc2)CC1)C1CCN(SC2CC2)CC1. The number of carbonyl (C=O) groups excluding carboxylic acids is 1. The highest BCUT2D eigenvalue weighted by atomic mass is 32.2. The number of urea groups is 1. The summed E-state index contributed by atoms with van der Waals surface area (Å²) in [5.74, 6) is 1.34. The van der Waals surface area contributed by atoms with Gasteiger partial charge >= 0.3 is 6.03 Å². The highest BCUT2D eigenvalue weighted by Crippen LogP contribution is 2.38. The van der Waals surface area contributed by atoms with E-state index in [4.69, 9.17) is 0 Å². The number of carbonyl (C=O) groups is 1. The van der Waals surface area contributed by atoms with Gasteiger partial charge in [-0.1, -0.05) is 42.3 Å². The fourth-order valence-corrected chi connectivity index (χ4v) is 5.86. The van der Waals surface area contributed by atoms with Crippen molar-refractivity contribution in [2.75, 3.05) is 26.7 Å². The van der Waals surface area contributed by atoms with Crippen LogP contribution >= 0.6 is 11.9 Å². The Kier molecular flexibility index (Phi) is 6.84. The molecule has 1 aliphatic heterocycles. The molecule has 4 rings (SSSR count). The zero-order valence-corrected chi connectivity index (χ0v) is 18.0. The average molecular weight is 402 g/mol. The van der Waals surface area contributed by atoms with E-state index in [1.807, 2.05) is 11.9 Å². The summed E-state index contributed by atoms with van der Waals surface area (Å²) in [6, 6.07) is 11.4.